The van der Waals surface area contributed by atoms with Gasteiger partial charge in [0.05, 0.1) is 17.5 Å². The zero-order valence-corrected chi connectivity index (χ0v) is 13.3. The molecule has 6 heteroatoms. The zero-order chi connectivity index (χ0) is 15.6. The fraction of sp³-hybridized carbons (Fsp3) is 0.118. The van der Waals surface area contributed by atoms with Gasteiger partial charge in [0.1, 0.15) is 0 Å². The monoisotopic (exact) mass is 322 g/mol. The third-order valence-corrected chi connectivity index (χ3v) is 4.54. The average molecular weight is 322 g/mol. The van der Waals surface area contributed by atoms with Gasteiger partial charge in [-0.05, 0) is 24.6 Å². The Bertz CT molecular complexity index is 960. The second-order valence-electron chi connectivity index (χ2n) is 5.15. The summed E-state index contributed by atoms with van der Waals surface area (Å²) < 4.78 is 7.41. The van der Waals surface area contributed by atoms with Crippen molar-refractivity contribution in [1.29, 1.82) is 0 Å². The van der Waals surface area contributed by atoms with Crippen LogP contribution in [0.3, 0.4) is 0 Å². The Balaban J connectivity index is 1.53. The summed E-state index contributed by atoms with van der Waals surface area (Å²) in [6.07, 6.45) is 3.85. The number of benzene rings is 1. The van der Waals surface area contributed by atoms with Crippen LogP contribution < -0.4 is 0 Å². The molecule has 0 N–H and O–H groups in total. The van der Waals surface area contributed by atoms with Crippen molar-refractivity contribution in [3.63, 3.8) is 0 Å². The first-order valence-electron chi connectivity index (χ1n) is 7.25. The third kappa shape index (κ3) is 2.73. The molecular weight excluding hydrogens is 308 g/mol. The number of thioether (sulfide) groups is 1. The van der Waals surface area contributed by atoms with Crippen LogP contribution in [0, 0.1) is 6.92 Å². The van der Waals surface area contributed by atoms with E-state index in [9.17, 15) is 0 Å². The second kappa shape index (κ2) is 5.89. The number of hydrogen-bond acceptors (Lipinski definition) is 5. The van der Waals surface area contributed by atoms with Crippen LogP contribution in [0.4, 0.5) is 0 Å². The summed E-state index contributed by atoms with van der Waals surface area (Å²) in [4.78, 5) is 8.91. The molecule has 4 aromatic rings. The van der Waals surface area contributed by atoms with Crippen molar-refractivity contribution in [3.8, 4) is 11.4 Å². The molecule has 0 fully saturated rings. The number of nitrogens with zero attached hydrogens (tertiary/aromatic N) is 4. The van der Waals surface area contributed by atoms with Gasteiger partial charge in [-0.3, -0.25) is 4.40 Å². The molecule has 114 valence electrons. The minimum Gasteiger partial charge on any atom is -0.338 e. The van der Waals surface area contributed by atoms with Gasteiger partial charge in [-0.15, -0.1) is 0 Å². The van der Waals surface area contributed by atoms with E-state index in [1.165, 1.54) is 0 Å². The van der Waals surface area contributed by atoms with Crippen molar-refractivity contribution >= 4 is 17.3 Å². The number of pyridine rings is 1. The van der Waals surface area contributed by atoms with Gasteiger partial charge in [-0.2, -0.15) is 4.98 Å². The first-order chi connectivity index (χ1) is 11.3. The van der Waals surface area contributed by atoms with Crippen LogP contribution in [0.25, 0.3) is 16.9 Å². The normalized spacial score (nSPS) is 11.2. The van der Waals surface area contributed by atoms with Crippen LogP contribution in [-0.4, -0.2) is 19.5 Å². The lowest BCUT2D eigenvalue weighted by molar-refractivity contribution is 0.391. The third-order valence-electron chi connectivity index (χ3n) is 3.58. The minimum atomic E-state index is 0.590. The van der Waals surface area contributed by atoms with Crippen LogP contribution in [0.2, 0.25) is 0 Å². The van der Waals surface area contributed by atoms with Crippen LogP contribution in [0.15, 0.2) is 64.5 Å². The summed E-state index contributed by atoms with van der Waals surface area (Å²) in [7, 11) is 0. The highest BCUT2D eigenvalue weighted by Crippen LogP contribution is 2.24. The van der Waals surface area contributed by atoms with E-state index >= 15 is 0 Å². The first-order valence-corrected chi connectivity index (χ1v) is 8.23. The summed E-state index contributed by atoms with van der Waals surface area (Å²) in [5.74, 6) is 1.82. The molecule has 0 bridgehead atoms. The van der Waals surface area contributed by atoms with Crippen molar-refractivity contribution < 1.29 is 4.52 Å². The summed E-state index contributed by atoms with van der Waals surface area (Å²) in [6.45, 7) is 2.04. The first kappa shape index (κ1) is 14.0. The lowest BCUT2D eigenvalue weighted by Gasteiger charge is -1.98. The molecular formula is C17H14N4OS. The Morgan fingerprint density at radius 3 is 2.91 bits per heavy atom. The SMILES string of the molecule is Cc1ccccc1-c1noc(CSc2ncc3ccccn23)n1. The summed E-state index contributed by atoms with van der Waals surface area (Å²) in [6, 6.07) is 14.0. The second-order valence-corrected chi connectivity index (χ2v) is 6.09. The molecule has 0 amide bonds. The number of hydrogen-bond donors (Lipinski definition) is 0. The molecule has 0 unspecified atom stereocenters. The van der Waals surface area contributed by atoms with Crippen LogP contribution >= 0.6 is 11.8 Å². The molecule has 4 rings (SSSR count). The topological polar surface area (TPSA) is 56.2 Å². The Kier molecular flexibility index (Phi) is 3.59. The maximum Gasteiger partial charge on any atom is 0.237 e. The van der Waals surface area contributed by atoms with Crippen LogP contribution in [0.5, 0.6) is 0 Å². The van der Waals surface area contributed by atoms with Gasteiger partial charge in [0.2, 0.25) is 11.7 Å². The van der Waals surface area contributed by atoms with Gasteiger partial charge in [-0.25, -0.2) is 4.98 Å². The highest BCUT2D eigenvalue weighted by molar-refractivity contribution is 7.98. The van der Waals surface area contributed by atoms with E-state index in [-0.39, 0.29) is 0 Å². The summed E-state index contributed by atoms with van der Waals surface area (Å²) in [5.41, 5.74) is 3.20. The smallest absolute Gasteiger partial charge is 0.237 e. The van der Waals surface area contributed by atoms with Gasteiger partial charge < -0.3 is 4.52 Å². The Morgan fingerprint density at radius 1 is 1.13 bits per heavy atom. The van der Waals surface area contributed by atoms with Gasteiger partial charge in [0, 0.05) is 11.8 Å². The van der Waals surface area contributed by atoms with Gasteiger partial charge in [0.15, 0.2) is 5.16 Å². The molecule has 0 aliphatic rings. The maximum atomic E-state index is 5.37. The molecule has 23 heavy (non-hydrogen) atoms. The Labute approximate surface area is 137 Å². The lowest BCUT2D eigenvalue weighted by Crippen LogP contribution is -1.88. The molecule has 3 heterocycles. The van der Waals surface area contributed by atoms with Crippen LogP contribution in [-0.2, 0) is 5.75 Å². The average Bonchev–Trinajstić information content (AvgIpc) is 3.20. The number of rotatable bonds is 4. The fourth-order valence-corrected chi connectivity index (χ4v) is 3.20. The number of imidazole rings is 1. The Morgan fingerprint density at radius 2 is 2.00 bits per heavy atom. The van der Waals surface area contributed by atoms with Crippen LogP contribution in [0.1, 0.15) is 11.5 Å². The van der Waals surface area contributed by atoms with Crippen molar-refractivity contribution in [1.82, 2.24) is 19.5 Å². The van der Waals surface area contributed by atoms with Gasteiger partial charge in [-0.1, -0.05) is 47.3 Å². The lowest BCUT2D eigenvalue weighted by atomic mass is 10.1. The highest BCUT2D eigenvalue weighted by Gasteiger charge is 2.12. The molecule has 3 aromatic heterocycles. The summed E-state index contributed by atoms with van der Waals surface area (Å²) in [5, 5.41) is 5.00. The predicted octanol–water partition coefficient (Wildman–Crippen LogP) is 3.99. The molecule has 0 aliphatic carbocycles. The molecule has 0 radical (unpaired) electrons. The summed E-state index contributed by atoms with van der Waals surface area (Å²) >= 11 is 1.58. The van der Waals surface area contributed by atoms with E-state index in [1.807, 2.05) is 66.2 Å². The zero-order valence-electron chi connectivity index (χ0n) is 12.5. The standard InChI is InChI=1S/C17H14N4OS/c1-12-6-2-3-8-14(12)16-19-15(22-20-16)11-23-17-18-10-13-7-4-5-9-21(13)17/h2-10H,11H2,1H3. The van der Waals surface area contributed by atoms with Gasteiger partial charge in [0.25, 0.3) is 0 Å². The molecule has 0 saturated heterocycles. The van der Waals surface area contributed by atoms with E-state index in [1.54, 1.807) is 11.8 Å². The number of aromatic nitrogens is 4. The van der Waals surface area contributed by atoms with Crippen molar-refractivity contribution in [2.45, 2.75) is 17.8 Å². The molecule has 5 nitrogen and oxygen atoms in total. The largest absolute Gasteiger partial charge is 0.338 e. The Hall–Kier alpha value is -2.60. The maximum absolute atomic E-state index is 5.37. The van der Waals surface area contributed by atoms with Crippen molar-refractivity contribution in [2.75, 3.05) is 0 Å². The number of fused-ring (bicyclic) bond motifs is 1. The number of aryl methyl sites for hydroxylation is 1. The quantitative estimate of drug-likeness (QED) is 0.532. The van der Waals surface area contributed by atoms with E-state index in [2.05, 4.69) is 15.1 Å². The molecule has 0 aliphatic heterocycles. The minimum absolute atomic E-state index is 0.590. The predicted molar refractivity (Wildman–Crippen MR) is 89.2 cm³/mol. The van der Waals surface area contributed by atoms with Gasteiger partial charge >= 0.3 is 0 Å². The fourth-order valence-electron chi connectivity index (χ4n) is 2.40. The molecule has 0 saturated carbocycles. The van der Waals surface area contributed by atoms with E-state index in [0.717, 1.165) is 21.8 Å². The molecule has 0 spiro atoms. The highest BCUT2D eigenvalue weighted by atomic mass is 32.2. The van der Waals surface area contributed by atoms with Crippen molar-refractivity contribution in [2.24, 2.45) is 0 Å². The van der Waals surface area contributed by atoms with E-state index in [4.69, 9.17) is 4.52 Å². The van der Waals surface area contributed by atoms with E-state index < -0.39 is 0 Å². The van der Waals surface area contributed by atoms with E-state index in [0.29, 0.717) is 17.5 Å². The molecule has 1 aromatic carbocycles. The molecule has 0 atom stereocenters. The van der Waals surface area contributed by atoms with Crippen molar-refractivity contribution in [3.05, 3.63) is 66.3 Å².